The van der Waals surface area contributed by atoms with Gasteiger partial charge in [-0.2, -0.15) is 4.68 Å². The van der Waals surface area contributed by atoms with E-state index in [2.05, 4.69) is 15.5 Å². The molecule has 50 heavy (non-hydrogen) atoms. The second-order valence-electron chi connectivity index (χ2n) is 13.3. The molecule has 6 rings (SSSR count). The Morgan fingerprint density at radius 2 is 1.38 bits per heavy atom. The highest BCUT2D eigenvalue weighted by Crippen LogP contribution is 2.31. The third-order valence-corrected chi connectivity index (χ3v) is 8.24. The van der Waals surface area contributed by atoms with Crippen LogP contribution in [0.1, 0.15) is 37.5 Å². The Hall–Kier alpha value is -4.40. The lowest BCUT2D eigenvalue weighted by Crippen LogP contribution is -2.43. The number of nitrogens with zero attached hydrogens (tertiary/aromatic N) is 5. The van der Waals surface area contributed by atoms with Gasteiger partial charge in [-0.25, -0.2) is 4.79 Å². The third-order valence-electron chi connectivity index (χ3n) is 8.24. The molecule has 1 aromatic heterocycles. The Labute approximate surface area is 292 Å². The van der Waals surface area contributed by atoms with Crippen LogP contribution < -0.4 is 4.74 Å². The smallest absolute Gasteiger partial charge is 0.412 e. The molecule has 0 aliphatic carbocycles. The van der Waals surface area contributed by atoms with Crippen LogP contribution in [0.3, 0.4) is 0 Å². The van der Waals surface area contributed by atoms with Crippen LogP contribution in [0.4, 0.5) is 4.79 Å². The zero-order chi connectivity index (χ0) is 34.8. The molecule has 0 saturated carbocycles. The molecule has 0 bridgehead atoms. The molecule has 2 saturated heterocycles. The Morgan fingerprint density at radius 1 is 0.800 bits per heavy atom. The number of hydrogen-bond donors (Lipinski definition) is 0. The number of carbonyl (C=O) groups excluding carboxylic acids is 1. The number of carbonyl (C=O) groups is 1. The molecule has 5 atom stereocenters. The molecule has 3 aromatic carbocycles. The molecule has 266 valence electrons. The van der Waals surface area contributed by atoms with Crippen molar-refractivity contribution < 1.29 is 38.0 Å². The van der Waals surface area contributed by atoms with E-state index in [4.69, 9.17) is 33.2 Å². The van der Waals surface area contributed by atoms with Gasteiger partial charge in [-0.15, -0.1) is 0 Å². The van der Waals surface area contributed by atoms with Crippen molar-refractivity contribution in [1.29, 1.82) is 0 Å². The second kappa shape index (κ2) is 17.0. The summed E-state index contributed by atoms with van der Waals surface area (Å²) >= 11 is 0. The molecule has 0 unspecified atom stereocenters. The van der Waals surface area contributed by atoms with Gasteiger partial charge in [-0.05, 0) is 47.9 Å². The van der Waals surface area contributed by atoms with Crippen molar-refractivity contribution in [2.24, 2.45) is 0 Å². The Balaban J connectivity index is 1.17. The van der Waals surface area contributed by atoms with Crippen LogP contribution in [-0.2, 0) is 54.8 Å². The van der Waals surface area contributed by atoms with Crippen molar-refractivity contribution in [3.8, 4) is 6.01 Å². The number of aromatic nitrogens is 4. The standard InChI is InChI=1S/C37H45N5O8/c1-37(2,3)50-36(43)41-26-45-23-30(41)24-48-35-38-39-40-42(35)19-31-33(46-21-28-15-9-5-10-16-28)34(47-22-29-17-11-6-12-18-29)32(49-31)25-44-20-27-13-7-4-8-14-27/h4-18,30-34H,19-26H2,1-3H3/t30-,31+,32-,33+,34-/m1/s1. The average molecular weight is 688 g/mol. The number of amides is 1. The van der Waals surface area contributed by atoms with E-state index in [-0.39, 0.29) is 38.5 Å². The zero-order valence-corrected chi connectivity index (χ0v) is 28.7. The molecule has 2 fully saturated rings. The maximum Gasteiger partial charge on any atom is 0.412 e. The fraction of sp³-hybridized carbons (Fsp3) is 0.459. The first kappa shape index (κ1) is 35.4. The molecule has 0 spiro atoms. The van der Waals surface area contributed by atoms with E-state index >= 15 is 0 Å². The van der Waals surface area contributed by atoms with E-state index in [9.17, 15) is 4.79 Å². The molecule has 0 radical (unpaired) electrons. The summed E-state index contributed by atoms with van der Waals surface area (Å²) in [5.74, 6) is 0. The minimum absolute atomic E-state index is 0.109. The van der Waals surface area contributed by atoms with Crippen molar-refractivity contribution >= 4 is 6.09 Å². The number of ether oxygens (including phenoxy) is 7. The van der Waals surface area contributed by atoms with Crippen LogP contribution in [0.15, 0.2) is 91.0 Å². The minimum atomic E-state index is -0.636. The molecule has 13 heteroatoms. The normalized spacial score (nSPS) is 22.1. The first-order valence-electron chi connectivity index (χ1n) is 16.9. The summed E-state index contributed by atoms with van der Waals surface area (Å²) in [6.07, 6.45) is -2.37. The molecule has 2 aliphatic heterocycles. The first-order valence-corrected chi connectivity index (χ1v) is 16.9. The summed E-state index contributed by atoms with van der Waals surface area (Å²) in [6.45, 7) is 7.65. The SMILES string of the molecule is CC(C)(C)OC(=O)N1COC[C@@H]1COc1nnnn1C[C@@H]1O[C@H](COCc2ccccc2)[C@@H](OCc2ccccc2)[C@H]1OCc1ccccc1. The van der Waals surface area contributed by atoms with E-state index in [1.807, 2.05) is 112 Å². The molecule has 3 heterocycles. The molecular formula is C37H45N5O8. The van der Waals surface area contributed by atoms with Crippen molar-refractivity contribution in [3.63, 3.8) is 0 Å². The van der Waals surface area contributed by atoms with Gasteiger partial charge in [0, 0.05) is 0 Å². The van der Waals surface area contributed by atoms with Crippen LogP contribution in [0, 0.1) is 0 Å². The van der Waals surface area contributed by atoms with E-state index in [1.165, 1.54) is 4.90 Å². The van der Waals surface area contributed by atoms with Crippen molar-refractivity contribution in [1.82, 2.24) is 25.1 Å². The van der Waals surface area contributed by atoms with Gasteiger partial charge in [-0.3, -0.25) is 4.90 Å². The maximum atomic E-state index is 12.8. The van der Waals surface area contributed by atoms with Crippen LogP contribution in [-0.4, -0.2) is 93.8 Å². The summed E-state index contributed by atoms with van der Waals surface area (Å²) in [5.41, 5.74) is 2.49. The number of tetrazole rings is 1. The van der Waals surface area contributed by atoms with Crippen LogP contribution in [0.2, 0.25) is 0 Å². The lowest BCUT2D eigenvalue weighted by molar-refractivity contribution is -0.0899. The van der Waals surface area contributed by atoms with Gasteiger partial charge in [0.25, 0.3) is 0 Å². The largest absolute Gasteiger partial charge is 0.460 e. The van der Waals surface area contributed by atoms with Gasteiger partial charge in [-0.1, -0.05) is 96.1 Å². The predicted molar refractivity (Wildman–Crippen MR) is 181 cm³/mol. The molecular weight excluding hydrogens is 642 g/mol. The summed E-state index contributed by atoms with van der Waals surface area (Å²) < 4.78 is 44.7. The lowest BCUT2D eigenvalue weighted by atomic mass is 10.1. The molecule has 0 N–H and O–H groups in total. The van der Waals surface area contributed by atoms with Crippen LogP contribution >= 0.6 is 0 Å². The fourth-order valence-corrected chi connectivity index (χ4v) is 5.79. The van der Waals surface area contributed by atoms with Crippen molar-refractivity contribution in [2.45, 2.75) is 83.2 Å². The van der Waals surface area contributed by atoms with Crippen molar-refractivity contribution in [2.75, 3.05) is 26.6 Å². The quantitative estimate of drug-likeness (QED) is 0.171. The topological polar surface area (TPSA) is 129 Å². The second-order valence-corrected chi connectivity index (χ2v) is 13.3. The van der Waals surface area contributed by atoms with Gasteiger partial charge in [0.15, 0.2) is 0 Å². The predicted octanol–water partition coefficient (Wildman–Crippen LogP) is 4.80. The monoisotopic (exact) mass is 687 g/mol. The fourth-order valence-electron chi connectivity index (χ4n) is 5.79. The van der Waals surface area contributed by atoms with E-state index < -0.39 is 36.1 Å². The van der Waals surface area contributed by atoms with Gasteiger partial charge >= 0.3 is 12.1 Å². The Bertz CT molecular complexity index is 1600. The molecule has 4 aromatic rings. The highest BCUT2D eigenvalue weighted by molar-refractivity contribution is 5.68. The van der Waals surface area contributed by atoms with Crippen molar-refractivity contribution in [3.05, 3.63) is 108 Å². The van der Waals surface area contributed by atoms with Gasteiger partial charge in [0.1, 0.15) is 43.4 Å². The summed E-state index contributed by atoms with van der Waals surface area (Å²) in [6, 6.07) is 29.8. The highest BCUT2D eigenvalue weighted by Gasteiger charge is 2.47. The minimum Gasteiger partial charge on any atom is -0.460 e. The molecule has 2 aliphatic rings. The van der Waals surface area contributed by atoms with Crippen LogP contribution in [0.5, 0.6) is 6.01 Å². The van der Waals surface area contributed by atoms with Gasteiger partial charge in [0.05, 0.1) is 45.6 Å². The number of hydrogen-bond acceptors (Lipinski definition) is 11. The Morgan fingerprint density at radius 3 is 1.98 bits per heavy atom. The summed E-state index contributed by atoms with van der Waals surface area (Å²) in [5, 5.41) is 12.2. The average Bonchev–Trinajstić information content (AvgIpc) is 3.85. The van der Waals surface area contributed by atoms with Gasteiger partial charge in [0.2, 0.25) is 0 Å². The summed E-state index contributed by atoms with van der Waals surface area (Å²) in [7, 11) is 0. The maximum absolute atomic E-state index is 12.8. The number of rotatable bonds is 15. The van der Waals surface area contributed by atoms with Crippen LogP contribution in [0.25, 0.3) is 0 Å². The molecule has 13 nitrogen and oxygen atoms in total. The lowest BCUT2D eigenvalue weighted by Gasteiger charge is -2.27. The summed E-state index contributed by atoms with van der Waals surface area (Å²) in [4.78, 5) is 14.3. The highest BCUT2D eigenvalue weighted by atomic mass is 16.6. The van der Waals surface area contributed by atoms with E-state index in [1.54, 1.807) is 4.68 Å². The Kier molecular flexibility index (Phi) is 12.1. The van der Waals surface area contributed by atoms with Gasteiger partial charge < -0.3 is 33.2 Å². The third kappa shape index (κ3) is 9.86. The first-order chi connectivity index (χ1) is 24.3. The van der Waals surface area contributed by atoms with E-state index in [0.29, 0.717) is 26.4 Å². The number of benzene rings is 3. The zero-order valence-electron chi connectivity index (χ0n) is 28.7. The molecule has 1 amide bonds. The van der Waals surface area contributed by atoms with E-state index in [0.717, 1.165) is 16.7 Å².